The summed E-state index contributed by atoms with van der Waals surface area (Å²) in [5.41, 5.74) is -0.209. The van der Waals surface area contributed by atoms with Crippen LogP contribution in [0.25, 0.3) is 0 Å². The molecule has 0 aliphatic rings. The van der Waals surface area contributed by atoms with E-state index in [0.717, 1.165) is 0 Å². The average molecular weight is 280 g/mol. The standard InChI is InChI=1S/C12H10ClN3O3/c1-14-11-6-5-10(16(17)18)12(15-11)19-9-4-2-3-8(13)7-9/h2-7H,1H3,(H,14,15). The third-order valence-electron chi connectivity index (χ3n) is 2.30. The summed E-state index contributed by atoms with van der Waals surface area (Å²) in [5, 5.41) is 14.2. The van der Waals surface area contributed by atoms with Gasteiger partial charge in [0, 0.05) is 18.1 Å². The Hall–Kier alpha value is -2.34. The smallest absolute Gasteiger partial charge is 0.331 e. The second kappa shape index (κ2) is 5.53. The Labute approximate surface area is 114 Å². The fourth-order valence-electron chi connectivity index (χ4n) is 1.43. The molecule has 6 nitrogen and oxygen atoms in total. The molecule has 1 aromatic carbocycles. The van der Waals surface area contributed by atoms with E-state index in [2.05, 4.69) is 10.3 Å². The highest BCUT2D eigenvalue weighted by Gasteiger charge is 2.18. The Morgan fingerprint density at radius 3 is 2.79 bits per heavy atom. The number of aromatic nitrogens is 1. The number of halogens is 1. The maximum Gasteiger partial charge on any atom is 0.331 e. The largest absolute Gasteiger partial charge is 0.434 e. The number of benzene rings is 1. The molecule has 0 radical (unpaired) electrons. The van der Waals surface area contributed by atoms with Gasteiger partial charge < -0.3 is 10.1 Å². The van der Waals surface area contributed by atoms with Gasteiger partial charge in [0.2, 0.25) is 0 Å². The van der Waals surface area contributed by atoms with Crippen molar-refractivity contribution in [3.05, 3.63) is 51.5 Å². The monoisotopic (exact) mass is 279 g/mol. The highest BCUT2D eigenvalue weighted by molar-refractivity contribution is 6.30. The zero-order valence-corrected chi connectivity index (χ0v) is 10.7. The summed E-state index contributed by atoms with van der Waals surface area (Å²) in [5.74, 6) is 0.776. The number of anilines is 1. The Morgan fingerprint density at radius 2 is 2.16 bits per heavy atom. The lowest BCUT2D eigenvalue weighted by molar-refractivity contribution is -0.386. The number of nitro groups is 1. The summed E-state index contributed by atoms with van der Waals surface area (Å²) < 4.78 is 5.42. The third-order valence-corrected chi connectivity index (χ3v) is 2.54. The van der Waals surface area contributed by atoms with E-state index < -0.39 is 4.92 Å². The number of hydrogen-bond acceptors (Lipinski definition) is 5. The van der Waals surface area contributed by atoms with E-state index in [9.17, 15) is 10.1 Å². The van der Waals surface area contributed by atoms with Gasteiger partial charge in [-0.25, -0.2) is 0 Å². The lowest BCUT2D eigenvalue weighted by Crippen LogP contribution is -1.99. The minimum atomic E-state index is -0.549. The van der Waals surface area contributed by atoms with Gasteiger partial charge in [-0.15, -0.1) is 0 Å². The Morgan fingerprint density at radius 1 is 1.37 bits per heavy atom. The molecular weight excluding hydrogens is 270 g/mol. The van der Waals surface area contributed by atoms with Crippen LogP contribution in [0.2, 0.25) is 5.02 Å². The van der Waals surface area contributed by atoms with Crippen molar-refractivity contribution in [1.82, 2.24) is 4.98 Å². The number of hydrogen-bond donors (Lipinski definition) is 1. The summed E-state index contributed by atoms with van der Waals surface area (Å²) in [6.07, 6.45) is 0. The molecule has 0 unspecified atom stereocenters. The van der Waals surface area contributed by atoms with E-state index in [1.165, 1.54) is 12.1 Å². The van der Waals surface area contributed by atoms with Gasteiger partial charge in [0.1, 0.15) is 11.6 Å². The minimum absolute atomic E-state index is 0.0842. The molecule has 0 bridgehead atoms. The first-order chi connectivity index (χ1) is 9.10. The van der Waals surface area contributed by atoms with E-state index in [-0.39, 0.29) is 11.6 Å². The molecule has 0 amide bonds. The molecule has 0 saturated heterocycles. The molecule has 1 N–H and O–H groups in total. The first-order valence-electron chi connectivity index (χ1n) is 5.37. The van der Waals surface area contributed by atoms with Crippen molar-refractivity contribution in [1.29, 1.82) is 0 Å². The van der Waals surface area contributed by atoms with Crippen LogP contribution in [0, 0.1) is 10.1 Å². The van der Waals surface area contributed by atoms with Gasteiger partial charge in [0.25, 0.3) is 0 Å². The second-order valence-electron chi connectivity index (χ2n) is 3.59. The summed E-state index contributed by atoms with van der Waals surface area (Å²) in [7, 11) is 1.66. The van der Waals surface area contributed by atoms with Crippen molar-refractivity contribution in [2.24, 2.45) is 0 Å². The summed E-state index contributed by atoms with van der Waals surface area (Å²) in [4.78, 5) is 14.4. The summed E-state index contributed by atoms with van der Waals surface area (Å²) in [6.45, 7) is 0. The van der Waals surface area contributed by atoms with Gasteiger partial charge in [-0.05, 0) is 24.3 Å². The third kappa shape index (κ3) is 3.11. The van der Waals surface area contributed by atoms with Crippen molar-refractivity contribution in [3.63, 3.8) is 0 Å². The predicted molar refractivity (Wildman–Crippen MR) is 72.0 cm³/mol. The van der Waals surface area contributed by atoms with E-state index in [1.54, 1.807) is 31.3 Å². The molecule has 0 aliphatic carbocycles. The highest BCUT2D eigenvalue weighted by Crippen LogP contribution is 2.31. The van der Waals surface area contributed by atoms with Crippen LogP contribution >= 0.6 is 11.6 Å². The SMILES string of the molecule is CNc1ccc([N+](=O)[O-])c(Oc2cccc(Cl)c2)n1. The molecule has 0 spiro atoms. The van der Waals surface area contributed by atoms with Crippen LogP contribution in [0.15, 0.2) is 36.4 Å². The molecule has 0 fully saturated rings. The maximum absolute atomic E-state index is 10.9. The van der Waals surface area contributed by atoms with Gasteiger partial charge in [-0.2, -0.15) is 4.98 Å². The van der Waals surface area contributed by atoms with Gasteiger partial charge in [-0.3, -0.25) is 10.1 Å². The lowest BCUT2D eigenvalue weighted by atomic mass is 10.3. The molecular formula is C12H10ClN3O3. The number of ether oxygens (including phenoxy) is 1. The summed E-state index contributed by atoms with van der Waals surface area (Å²) in [6, 6.07) is 9.40. The van der Waals surface area contributed by atoms with Crippen molar-refractivity contribution in [2.45, 2.75) is 0 Å². The van der Waals surface area contributed by atoms with E-state index in [0.29, 0.717) is 16.6 Å². The van der Waals surface area contributed by atoms with Gasteiger partial charge in [0.15, 0.2) is 0 Å². The molecule has 1 aromatic heterocycles. The van der Waals surface area contributed by atoms with Crippen LogP contribution < -0.4 is 10.1 Å². The van der Waals surface area contributed by atoms with E-state index in [4.69, 9.17) is 16.3 Å². The van der Waals surface area contributed by atoms with Crippen LogP contribution in [0.3, 0.4) is 0 Å². The lowest BCUT2D eigenvalue weighted by Gasteiger charge is -2.07. The van der Waals surface area contributed by atoms with Gasteiger partial charge in [-0.1, -0.05) is 17.7 Å². The molecule has 1 heterocycles. The zero-order valence-electron chi connectivity index (χ0n) is 9.96. The van der Waals surface area contributed by atoms with E-state index in [1.807, 2.05) is 0 Å². The maximum atomic E-state index is 10.9. The van der Waals surface area contributed by atoms with Crippen LogP contribution in [0.4, 0.5) is 11.5 Å². The molecule has 2 rings (SSSR count). The fourth-order valence-corrected chi connectivity index (χ4v) is 1.61. The Kier molecular flexibility index (Phi) is 3.82. The van der Waals surface area contributed by atoms with Crippen molar-refractivity contribution in [2.75, 3.05) is 12.4 Å². The Bertz CT molecular complexity index is 619. The van der Waals surface area contributed by atoms with Gasteiger partial charge in [0.05, 0.1) is 4.92 Å². The molecule has 0 atom stereocenters. The molecule has 98 valence electrons. The van der Waals surface area contributed by atoms with Crippen LogP contribution in [-0.4, -0.2) is 17.0 Å². The number of rotatable bonds is 4. The average Bonchev–Trinajstić information content (AvgIpc) is 2.38. The molecule has 7 heteroatoms. The molecule has 2 aromatic rings. The van der Waals surface area contributed by atoms with E-state index >= 15 is 0 Å². The van der Waals surface area contributed by atoms with Crippen LogP contribution in [0.1, 0.15) is 0 Å². The Balaban J connectivity index is 2.39. The van der Waals surface area contributed by atoms with Crippen LogP contribution in [-0.2, 0) is 0 Å². The molecule has 19 heavy (non-hydrogen) atoms. The second-order valence-corrected chi connectivity index (χ2v) is 4.02. The van der Waals surface area contributed by atoms with Crippen molar-refractivity contribution < 1.29 is 9.66 Å². The van der Waals surface area contributed by atoms with Crippen LogP contribution in [0.5, 0.6) is 11.6 Å². The molecule has 0 saturated carbocycles. The minimum Gasteiger partial charge on any atom is -0.434 e. The zero-order chi connectivity index (χ0) is 13.8. The van der Waals surface area contributed by atoms with Gasteiger partial charge >= 0.3 is 11.6 Å². The number of pyridine rings is 1. The van der Waals surface area contributed by atoms with Crippen molar-refractivity contribution >= 4 is 23.1 Å². The predicted octanol–water partition coefficient (Wildman–Crippen LogP) is 3.48. The number of nitrogens with one attached hydrogen (secondary N) is 1. The molecule has 0 aliphatic heterocycles. The first kappa shape index (κ1) is 13.1. The quantitative estimate of drug-likeness (QED) is 0.685. The fraction of sp³-hybridized carbons (Fsp3) is 0.0833. The number of nitrogens with zero attached hydrogens (tertiary/aromatic N) is 2. The topological polar surface area (TPSA) is 77.3 Å². The van der Waals surface area contributed by atoms with Crippen molar-refractivity contribution in [3.8, 4) is 11.6 Å². The summed E-state index contributed by atoms with van der Waals surface area (Å²) >= 11 is 5.83. The first-order valence-corrected chi connectivity index (χ1v) is 5.74. The normalized spacial score (nSPS) is 10.0. The highest BCUT2D eigenvalue weighted by atomic mass is 35.5.